The SMILES string of the molecule is Cn1nc2c(c1N)CC[C@H]1C(C)(C)C3(CC[C@]21C)OCCO3. The van der Waals surface area contributed by atoms with Crippen LogP contribution in [0.3, 0.4) is 0 Å². The Hall–Kier alpha value is -1.07. The van der Waals surface area contributed by atoms with Gasteiger partial charge in [0.25, 0.3) is 0 Å². The standard InChI is InChI=1S/C17H27N3O2/c1-15(2)12-6-5-11-13(19-20(4)14(11)18)16(12,3)7-8-17(15)21-9-10-22-17/h12H,5-10,18H2,1-4H3/t12-,16-/m0/s1. The molecule has 0 unspecified atom stereocenters. The maximum atomic E-state index is 6.24. The third kappa shape index (κ3) is 1.54. The molecule has 2 atom stereocenters. The summed E-state index contributed by atoms with van der Waals surface area (Å²) in [5, 5.41) is 4.80. The lowest BCUT2D eigenvalue weighted by molar-refractivity contribution is -0.276. The third-order valence-electron chi connectivity index (χ3n) is 6.77. The van der Waals surface area contributed by atoms with E-state index in [1.165, 1.54) is 11.3 Å². The average molecular weight is 305 g/mol. The Balaban J connectivity index is 1.81. The Morgan fingerprint density at radius 1 is 1.18 bits per heavy atom. The zero-order valence-corrected chi connectivity index (χ0v) is 14.1. The molecule has 1 aromatic rings. The molecule has 1 aromatic heterocycles. The van der Waals surface area contributed by atoms with Crippen molar-refractivity contribution in [1.29, 1.82) is 0 Å². The van der Waals surface area contributed by atoms with Crippen LogP contribution in [0.1, 0.15) is 51.3 Å². The van der Waals surface area contributed by atoms with E-state index in [4.69, 9.17) is 20.3 Å². The minimum Gasteiger partial charge on any atom is -0.384 e. The third-order valence-corrected chi connectivity index (χ3v) is 6.77. The number of rotatable bonds is 0. The van der Waals surface area contributed by atoms with Crippen molar-refractivity contribution in [2.24, 2.45) is 18.4 Å². The lowest BCUT2D eigenvalue weighted by Crippen LogP contribution is -2.61. The summed E-state index contributed by atoms with van der Waals surface area (Å²) in [5.41, 5.74) is 8.75. The Kier molecular flexibility index (Phi) is 2.81. The van der Waals surface area contributed by atoms with Crippen LogP contribution in [-0.2, 0) is 28.4 Å². The molecule has 2 fully saturated rings. The lowest BCUT2D eigenvalue weighted by atomic mass is 9.49. The summed E-state index contributed by atoms with van der Waals surface area (Å²) in [7, 11) is 1.95. The van der Waals surface area contributed by atoms with Crippen LogP contribution in [0.2, 0.25) is 0 Å². The van der Waals surface area contributed by atoms with Gasteiger partial charge in [0.05, 0.1) is 18.9 Å². The number of nitrogen functional groups attached to an aromatic ring is 1. The normalized spacial score (nSPS) is 35.4. The number of hydrogen-bond acceptors (Lipinski definition) is 4. The average Bonchev–Trinajstić information content (AvgIpc) is 3.05. The summed E-state index contributed by atoms with van der Waals surface area (Å²) < 4.78 is 14.1. The summed E-state index contributed by atoms with van der Waals surface area (Å²) in [6, 6.07) is 0. The molecule has 1 aliphatic heterocycles. The van der Waals surface area contributed by atoms with E-state index in [1.807, 2.05) is 11.7 Å². The quantitative estimate of drug-likeness (QED) is 0.799. The van der Waals surface area contributed by atoms with Crippen molar-refractivity contribution in [3.8, 4) is 0 Å². The smallest absolute Gasteiger partial charge is 0.173 e. The largest absolute Gasteiger partial charge is 0.384 e. The first kappa shape index (κ1) is 14.5. The van der Waals surface area contributed by atoms with Crippen LogP contribution in [0.5, 0.6) is 0 Å². The molecule has 0 amide bonds. The van der Waals surface area contributed by atoms with E-state index in [0.717, 1.165) is 31.5 Å². The predicted molar refractivity (Wildman–Crippen MR) is 84.4 cm³/mol. The summed E-state index contributed by atoms with van der Waals surface area (Å²) in [5.74, 6) is 0.921. The van der Waals surface area contributed by atoms with Gasteiger partial charge in [0.15, 0.2) is 5.79 Å². The fraction of sp³-hybridized carbons (Fsp3) is 0.824. The van der Waals surface area contributed by atoms with Gasteiger partial charge < -0.3 is 15.2 Å². The minimum absolute atomic E-state index is 0.0273. The maximum absolute atomic E-state index is 6.24. The fourth-order valence-electron chi connectivity index (χ4n) is 5.49. The van der Waals surface area contributed by atoms with Crippen molar-refractivity contribution in [3.63, 3.8) is 0 Å². The second-order valence-corrected chi connectivity index (χ2v) is 8.02. The van der Waals surface area contributed by atoms with Crippen molar-refractivity contribution in [2.45, 2.75) is 57.7 Å². The number of anilines is 1. The minimum atomic E-state index is -0.408. The number of aromatic nitrogens is 2. The van der Waals surface area contributed by atoms with Crippen LogP contribution in [0, 0.1) is 11.3 Å². The Bertz CT molecular complexity index is 616. The first-order valence-corrected chi connectivity index (χ1v) is 8.41. The van der Waals surface area contributed by atoms with Crippen molar-refractivity contribution < 1.29 is 9.47 Å². The number of fused-ring (bicyclic) bond motifs is 3. The van der Waals surface area contributed by atoms with Gasteiger partial charge in [0.1, 0.15) is 5.82 Å². The first-order chi connectivity index (χ1) is 10.3. The van der Waals surface area contributed by atoms with Gasteiger partial charge >= 0.3 is 0 Å². The Labute approximate surface area is 132 Å². The second kappa shape index (κ2) is 4.26. The molecule has 1 saturated heterocycles. The predicted octanol–water partition coefficient (Wildman–Crippen LogP) is 2.39. The van der Waals surface area contributed by atoms with Crippen molar-refractivity contribution in [1.82, 2.24) is 9.78 Å². The van der Waals surface area contributed by atoms with E-state index >= 15 is 0 Å². The van der Waals surface area contributed by atoms with Crippen LogP contribution < -0.4 is 5.73 Å². The van der Waals surface area contributed by atoms with Crippen molar-refractivity contribution in [3.05, 3.63) is 11.3 Å². The van der Waals surface area contributed by atoms with Crippen LogP contribution >= 0.6 is 0 Å². The van der Waals surface area contributed by atoms with Crippen LogP contribution in [-0.4, -0.2) is 28.8 Å². The van der Waals surface area contributed by atoms with Crippen LogP contribution in [0.15, 0.2) is 0 Å². The van der Waals surface area contributed by atoms with Gasteiger partial charge in [-0.25, -0.2) is 0 Å². The van der Waals surface area contributed by atoms with Crippen LogP contribution in [0.4, 0.5) is 5.82 Å². The van der Waals surface area contributed by atoms with Gasteiger partial charge in [0, 0.05) is 29.9 Å². The summed E-state index contributed by atoms with van der Waals surface area (Å²) in [4.78, 5) is 0. The van der Waals surface area contributed by atoms with Gasteiger partial charge in [-0.15, -0.1) is 0 Å². The van der Waals surface area contributed by atoms with Crippen LogP contribution in [0.25, 0.3) is 0 Å². The highest BCUT2D eigenvalue weighted by atomic mass is 16.7. The molecule has 0 radical (unpaired) electrons. The molecule has 4 rings (SSSR count). The van der Waals surface area contributed by atoms with E-state index < -0.39 is 5.79 Å². The number of nitrogens with zero attached hydrogens (tertiary/aromatic N) is 2. The summed E-state index contributed by atoms with van der Waals surface area (Å²) in [6.45, 7) is 8.43. The van der Waals surface area contributed by atoms with E-state index in [9.17, 15) is 0 Å². The highest BCUT2D eigenvalue weighted by Crippen LogP contribution is 2.62. The molecular weight excluding hydrogens is 278 g/mol. The Morgan fingerprint density at radius 2 is 1.86 bits per heavy atom. The monoisotopic (exact) mass is 305 g/mol. The summed E-state index contributed by atoms with van der Waals surface area (Å²) >= 11 is 0. The molecular formula is C17H27N3O2. The summed E-state index contributed by atoms with van der Waals surface area (Å²) in [6.07, 6.45) is 4.11. The van der Waals surface area contributed by atoms with Gasteiger partial charge in [-0.2, -0.15) is 5.10 Å². The molecule has 5 heteroatoms. The zero-order valence-electron chi connectivity index (χ0n) is 14.1. The topological polar surface area (TPSA) is 62.3 Å². The number of ether oxygens (including phenoxy) is 2. The Morgan fingerprint density at radius 3 is 2.55 bits per heavy atom. The molecule has 5 nitrogen and oxygen atoms in total. The molecule has 2 heterocycles. The van der Waals surface area contributed by atoms with Gasteiger partial charge in [-0.05, 0) is 25.2 Å². The molecule has 3 aliphatic rings. The molecule has 2 N–H and O–H groups in total. The number of nitrogens with two attached hydrogens (primary N) is 1. The lowest BCUT2D eigenvalue weighted by Gasteiger charge is -2.59. The van der Waals surface area contributed by atoms with E-state index in [0.29, 0.717) is 19.1 Å². The highest BCUT2D eigenvalue weighted by Gasteiger charge is 2.63. The molecule has 0 aromatic carbocycles. The molecule has 1 saturated carbocycles. The first-order valence-electron chi connectivity index (χ1n) is 8.41. The number of aryl methyl sites for hydroxylation is 1. The van der Waals surface area contributed by atoms with Crippen molar-refractivity contribution in [2.75, 3.05) is 18.9 Å². The zero-order chi connectivity index (χ0) is 15.8. The van der Waals surface area contributed by atoms with E-state index in [-0.39, 0.29) is 10.8 Å². The second-order valence-electron chi connectivity index (χ2n) is 8.02. The molecule has 22 heavy (non-hydrogen) atoms. The maximum Gasteiger partial charge on any atom is 0.173 e. The molecule has 1 spiro atoms. The van der Waals surface area contributed by atoms with Gasteiger partial charge in [-0.3, -0.25) is 4.68 Å². The molecule has 2 aliphatic carbocycles. The fourth-order valence-corrected chi connectivity index (χ4v) is 5.49. The van der Waals surface area contributed by atoms with Gasteiger partial charge in [0.2, 0.25) is 0 Å². The highest BCUT2D eigenvalue weighted by molar-refractivity contribution is 5.48. The molecule has 0 bridgehead atoms. The van der Waals surface area contributed by atoms with E-state index in [1.54, 1.807) is 0 Å². The van der Waals surface area contributed by atoms with Crippen molar-refractivity contribution >= 4 is 5.82 Å². The molecule has 122 valence electrons. The van der Waals surface area contributed by atoms with Gasteiger partial charge in [-0.1, -0.05) is 20.8 Å². The number of hydrogen-bond donors (Lipinski definition) is 1. The van der Waals surface area contributed by atoms with E-state index in [2.05, 4.69) is 20.8 Å².